The van der Waals surface area contributed by atoms with Crippen molar-refractivity contribution in [3.63, 3.8) is 0 Å². The van der Waals surface area contributed by atoms with Gasteiger partial charge < -0.3 is 14.6 Å². The fourth-order valence-electron chi connectivity index (χ4n) is 1.63. The van der Waals surface area contributed by atoms with E-state index in [1.165, 1.54) is 7.11 Å². The van der Waals surface area contributed by atoms with Crippen LogP contribution >= 0.6 is 0 Å². The SMILES string of the molecule is COCC(C)(C(=O)O)N1CCOCC1. The van der Waals surface area contributed by atoms with Crippen LogP contribution in [-0.2, 0) is 14.3 Å². The van der Waals surface area contributed by atoms with Gasteiger partial charge >= 0.3 is 5.97 Å². The molecule has 0 saturated carbocycles. The second-order valence-electron chi connectivity index (χ2n) is 3.61. The summed E-state index contributed by atoms with van der Waals surface area (Å²) in [4.78, 5) is 13.0. The minimum atomic E-state index is -0.932. The fraction of sp³-hybridized carbons (Fsp3) is 0.889. The van der Waals surface area contributed by atoms with Gasteiger partial charge in [-0.1, -0.05) is 0 Å². The van der Waals surface area contributed by atoms with Crippen molar-refractivity contribution in [1.82, 2.24) is 4.90 Å². The molecule has 5 heteroatoms. The zero-order chi connectivity index (χ0) is 10.6. The van der Waals surface area contributed by atoms with Crippen LogP contribution in [0.15, 0.2) is 0 Å². The van der Waals surface area contributed by atoms with Crippen molar-refractivity contribution < 1.29 is 19.4 Å². The smallest absolute Gasteiger partial charge is 0.326 e. The van der Waals surface area contributed by atoms with E-state index in [0.717, 1.165) is 0 Å². The van der Waals surface area contributed by atoms with Crippen LogP contribution in [0.3, 0.4) is 0 Å². The lowest BCUT2D eigenvalue weighted by Crippen LogP contribution is -2.58. The number of carbonyl (C=O) groups is 1. The first kappa shape index (κ1) is 11.4. The Morgan fingerprint density at radius 2 is 2.14 bits per heavy atom. The molecule has 5 nitrogen and oxygen atoms in total. The Bertz CT molecular complexity index is 203. The van der Waals surface area contributed by atoms with Gasteiger partial charge in [0.2, 0.25) is 0 Å². The molecule has 0 amide bonds. The van der Waals surface area contributed by atoms with Gasteiger partial charge in [0.05, 0.1) is 19.8 Å². The number of carboxylic acid groups (broad SMARTS) is 1. The molecule has 1 unspecified atom stereocenters. The molecule has 1 atom stereocenters. The summed E-state index contributed by atoms with van der Waals surface area (Å²) >= 11 is 0. The number of hydrogen-bond acceptors (Lipinski definition) is 4. The summed E-state index contributed by atoms with van der Waals surface area (Å²) in [5.41, 5.74) is -0.932. The minimum absolute atomic E-state index is 0.197. The monoisotopic (exact) mass is 203 g/mol. The topological polar surface area (TPSA) is 59.0 Å². The van der Waals surface area contributed by atoms with Crippen molar-refractivity contribution >= 4 is 5.97 Å². The average Bonchev–Trinajstić information content (AvgIpc) is 2.19. The summed E-state index contributed by atoms with van der Waals surface area (Å²) in [7, 11) is 1.52. The summed E-state index contributed by atoms with van der Waals surface area (Å²) in [6.45, 7) is 4.35. The molecule has 0 aromatic rings. The first-order chi connectivity index (χ1) is 6.61. The maximum absolute atomic E-state index is 11.1. The second kappa shape index (κ2) is 4.72. The van der Waals surface area contributed by atoms with Gasteiger partial charge in [-0.25, -0.2) is 0 Å². The Labute approximate surface area is 83.6 Å². The molecule has 1 saturated heterocycles. The van der Waals surface area contributed by atoms with Crippen LogP contribution in [-0.4, -0.2) is 61.5 Å². The van der Waals surface area contributed by atoms with Crippen LogP contribution in [0.1, 0.15) is 6.92 Å². The van der Waals surface area contributed by atoms with E-state index in [1.54, 1.807) is 6.92 Å². The van der Waals surface area contributed by atoms with Crippen LogP contribution in [0, 0.1) is 0 Å². The van der Waals surface area contributed by atoms with Gasteiger partial charge in [-0.3, -0.25) is 9.69 Å². The summed E-state index contributed by atoms with van der Waals surface area (Å²) in [5, 5.41) is 9.15. The normalized spacial score (nSPS) is 23.0. The first-order valence-electron chi connectivity index (χ1n) is 4.66. The third-order valence-corrected chi connectivity index (χ3v) is 2.60. The standard InChI is InChI=1S/C9H17NO4/c1-9(7-13-2,8(11)12)10-3-5-14-6-4-10/h3-7H2,1-2H3,(H,11,12). The Balaban J connectivity index is 2.69. The fourth-order valence-corrected chi connectivity index (χ4v) is 1.63. The molecule has 0 aromatic heterocycles. The molecular weight excluding hydrogens is 186 g/mol. The first-order valence-corrected chi connectivity index (χ1v) is 4.66. The summed E-state index contributed by atoms with van der Waals surface area (Å²) < 4.78 is 10.1. The molecule has 1 aliphatic heterocycles. The van der Waals surface area contributed by atoms with Gasteiger partial charge in [0, 0.05) is 20.2 Å². The summed E-state index contributed by atoms with van der Waals surface area (Å²) in [6.07, 6.45) is 0. The Morgan fingerprint density at radius 1 is 1.57 bits per heavy atom. The van der Waals surface area contributed by atoms with Crippen LogP contribution < -0.4 is 0 Å². The molecule has 14 heavy (non-hydrogen) atoms. The Hall–Kier alpha value is -0.650. The van der Waals surface area contributed by atoms with Gasteiger partial charge in [-0.15, -0.1) is 0 Å². The summed E-state index contributed by atoms with van der Waals surface area (Å²) in [6, 6.07) is 0. The van der Waals surface area contributed by atoms with E-state index in [1.807, 2.05) is 4.90 Å². The average molecular weight is 203 g/mol. The molecule has 0 aromatic carbocycles. The van der Waals surface area contributed by atoms with E-state index in [9.17, 15) is 4.79 Å². The van der Waals surface area contributed by atoms with E-state index >= 15 is 0 Å². The van der Waals surface area contributed by atoms with Crippen molar-refractivity contribution in [1.29, 1.82) is 0 Å². The zero-order valence-electron chi connectivity index (χ0n) is 8.65. The van der Waals surface area contributed by atoms with Crippen molar-refractivity contribution in [2.24, 2.45) is 0 Å². The van der Waals surface area contributed by atoms with E-state index < -0.39 is 11.5 Å². The quantitative estimate of drug-likeness (QED) is 0.686. The van der Waals surface area contributed by atoms with Crippen molar-refractivity contribution in [3.8, 4) is 0 Å². The number of morpholine rings is 1. The zero-order valence-corrected chi connectivity index (χ0v) is 8.65. The second-order valence-corrected chi connectivity index (χ2v) is 3.61. The van der Waals surface area contributed by atoms with Gasteiger partial charge in [0.1, 0.15) is 5.54 Å². The third-order valence-electron chi connectivity index (χ3n) is 2.60. The van der Waals surface area contributed by atoms with Gasteiger partial charge in [0.25, 0.3) is 0 Å². The predicted molar refractivity (Wildman–Crippen MR) is 50.3 cm³/mol. The van der Waals surface area contributed by atoms with Crippen LogP contribution in [0.2, 0.25) is 0 Å². The lowest BCUT2D eigenvalue weighted by atomic mass is 10.0. The highest BCUT2D eigenvalue weighted by molar-refractivity contribution is 5.78. The molecule has 82 valence electrons. The Morgan fingerprint density at radius 3 is 2.57 bits per heavy atom. The van der Waals surface area contributed by atoms with Crippen molar-refractivity contribution in [3.05, 3.63) is 0 Å². The van der Waals surface area contributed by atoms with Gasteiger partial charge in [0.15, 0.2) is 0 Å². The molecule has 1 rings (SSSR count). The molecule has 1 fully saturated rings. The number of carboxylic acids is 1. The van der Waals surface area contributed by atoms with Crippen LogP contribution in [0.25, 0.3) is 0 Å². The van der Waals surface area contributed by atoms with Crippen LogP contribution in [0.5, 0.6) is 0 Å². The minimum Gasteiger partial charge on any atom is -0.480 e. The number of rotatable bonds is 4. The number of methoxy groups -OCH3 is 1. The largest absolute Gasteiger partial charge is 0.480 e. The highest BCUT2D eigenvalue weighted by Gasteiger charge is 2.40. The number of hydrogen-bond donors (Lipinski definition) is 1. The third kappa shape index (κ3) is 2.23. The lowest BCUT2D eigenvalue weighted by molar-refractivity contribution is -0.157. The van der Waals surface area contributed by atoms with E-state index in [2.05, 4.69) is 0 Å². The summed E-state index contributed by atoms with van der Waals surface area (Å²) in [5.74, 6) is -0.846. The van der Waals surface area contributed by atoms with E-state index in [4.69, 9.17) is 14.6 Å². The lowest BCUT2D eigenvalue weighted by Gasteiger charge is -2.39. The molecule has 0 aliphatic carbocycles. The maximum atomic E-state index is 11.1. The molecule has 0 bridgehead atoms. The highest BCUT2D eigenvalue weighted by atomic mass is 16.5. The molecule has 1 heterocycles. The number of aliphatic carboxylic acids is 1. The van der Waals surface area contributed by atoms with Gasteiger partial charge in [-0.05, 0) is 6.92 Å². The molecule has 0 spiro atoms. The molecular formula is C9H17NO4. The number of nitrogens with zero attached hydrogens (tertiary/aromatic N) is 1. The molecule has 1 N–H and O–H groups in total. The Kier molecular flexibility index (Phi) is 3.86. The van der Waals surface area contributed by atoms with Crippen molar-refractivity contribution in [2.75, 3.05) is 40.0 Å². The van der Waals surface area contributed by atoms with Crippen LogP contribution in [0.4, 0.5) is 0 Å². The maximum Gasteiger partial charge on any atom is 0.326 e. The molecule has 1 aliphatic rings. The van der Waals surface area contributed by atoms with Crippen molar-refractivity contribution in [2.45, 2.75) is 12.5 Å². The molecule has 0 radical (unpaired) electrons. The number of ether oxygens (including phenoxy) is 2. The van der Waals surface area contributed by atoms with E-state index in [0.29, 0.717) is 26.3 Å². The van der Waals surface area contributed by atoms with E-state index in [-0.39, 0.29) is 6.61 Å². The highest BCUT2D eigenvalue weighted by Crippen LogP contribution is 2.17. The van der Waals surface area contributed by atoms with Gasteiger partial charge in [-0.2, -0.15) is 0 Å². The predicted octanol–water partition coefficient (Wildman–Crippen LogP) is -0.192.